The van der Waals surface area contributed by atoms with E-state index in [9.17, 15) is 4.79 Å². The number of aryl methyl sites for hydroxylation is 1. The van der Waals surface area contributed by atoms with Crippen LogP contribution in [-0.2, 0) is 0 Å². The van der Waals surface area contributed by atoms with Crippen LogP contribution in [0.3, 0.4) is 0 Å². The van der Waals surface area contributed by atoms with Gasteiger partial charge < -0.3 is 5.32 Å². The zero-order chi connectivity index (χ0) is 13.1. The van der Waals surface area contributed by atoms with E-state index in [4.69, 9.17) is 11.6 Å². The molecule has 2 aromatic rings. The van der Waals surface area contributed by atoms with Crippen LogP contribution in [-0.4, -0.2) is 15.9 Å². The minimum atomic E-state index is -0.252. The molecule has 0 aliphatic carbocycles. The van der Waals surface area contributed by atoms with E-state index in [0.29, 0.717) is 10.8 Å². The first-order valence-corrected chi connectivity index (χ1v) is 6.67. The van der Waals surface area contributed by atoms with E-state index in [-0.39, 0.29) is 11.9 Å². The number of rotatable bonds is 3. The minimum absolute atomic E-state index is 0.142. The maximum Gasteiger partial charge on any atom is 0.270 e. The number of hydrogen-bond acceptors (Lipinski definition) is 4. The predicted molar refractivity (Wildman–Crippen MR) is 72.0 cm³/mol. The van der Waals surface area contributed by atoms with Crippen LogP contribution in [0.15, 0.2) is 23.6 Å². The van der Waals surface area contributed by atoms with Gasteiger partial charge in [-0.05, 0) is 26.0 Å². The zero-order valence-electron chi connectivity index (χ0n) is 9.98. The van der Waals surface area contributed by atoms with Gasteiger partial charge in [0.2, 0.25) is 0 Å². The Hall–Kier alpha value is -1.46. The largest absolute Gasteiger partial charge is 0.342 e. The highest BCUT2D eigenvalue weighted by Crippen LogP contribution is 2.17. The molecule has 1 atom stereocenters. The fraction of sp³-hybridized carbons (Fsp3) is 0.250. The first-order chi connectivity index (χ1) is 8.56. The van der Waals surface area contributed by atoms with E-state index in [1.165, 1.54) is 11.3 Å². The van der Waals surface area contributed by atoms with Crippen molar-refractivity contribution in [2.24, 2.45) is 0 Å². The molecule has 1 amide bonds. The summed E-state index contributed by atoms with van der Waals surface area (Å²) in [5, 5.41) is 5.98. The van der Waals surface area contributed by atoms with Gasteiger partial charge >= 0.3 is 0 Å². The molecule has 2 heterocycles. The number of hydrogen-bond donors (Lipinski definition) is 1. The third kappa shape index (κ3) is 3.05. The highest BCUT2D eigenvalue weighted by molar-refractivity contribution is 7.09. The summed E-state index contributed by atoms with van der Waals surface area (Å²) in [7, 11) is 0. The SMILES string of the molecule is Cc1csc(C(C)NC(=O)c2cccc(Cl)n2)n1. The van der Waals surface area contributed by atoms with E-state index >= 15 is 0 Å². The van der Waals surface area contributed by atoms with E-state index in [1.54, 1.807) is 18.2 Å². The van der Waals surface area contributed by atoms with Gasteiger partial charge in [0, 0.05) is 11.1 Å². The number of amides is 1. The van der Waals surface area contributed by atoms with Crippen LogP contribution in [0.4, 0.5) is 0 Å². The first kappa shape index (κ1) is 13.0. The third-order valence-corrected chi connectivity index (χ3v) is 3.66. The summed E-state index contributed by atoms with van der Waals surface area (Å²) in [5.74, 6) is -0.252. The van der Waals surface area contributed by atoms with Crippen LogP contribution in [0.25, 0.3) is 0 Å². The first-order valence-electron chi connectivity index (χ1n) is 5.41. The van der Waals surface area contributed by atoms with Crippen molar-refractivity contribution in [1.82, 2.24) is 15.3 Å². The van der Waals surface area contributed by atoms with E-state index in [2.05, 4.69) is 15.3 Å². The van der Waals surface area contributed by atoms with Crippen molar-refractivity contribution in [3.63, 3.8) is 0 Å². The molecule has 0 saturated heterocycles. The Balaban J connectivity index is 2.08. The van der Waals surface area contributed by atoms with Gasteiger partial charge in [0.05, 0.1) is 6.04 Å². The smallest absolute Gasteiger partial charge is 0.270 e. The van der Waals surface area contributed by atoms with Crippen LogP contribution in [0.2, 0.25) is 5.15 Å². The molecule has 0 saturated carbocycles. The molecule has 18 heavy (non-hydrogen) atoms. The standard InChI is InChI=1S/C12H12ClN3OS/c1-7-6-18-12(14-7)8(2)15-11(17)9-4-3-5-10(13)16-9/h3-6,8H,1-2H3,(H,15,17). The molecular weight excluding hydrogens is 270 g/mol. The second kappa shape index (κ2) is 5.46. The van der Waals surface area contributed by atoms with Gasteiger partial charge in [-0.3, -0.25) is 4.79 Å². The van der Waals surface area contributed by atoms with E-state index in [0.717, 1.165) is 10.7 Å². The van der Waals surface area contributed by atoms with Gasteiger partial charge in [0.1, 0.15) is 15.9 Å². The lowest BCUT2D eigenvalue weighted by Gasteiger charge is -2.10. The Labute approximate surface area is 114 Å². The molecule has 0 radical (unpaired) electrons. The van der Waals surface area contributed by atoms with Crippen LogP contribution in [0, 0.1) is 6.92 Å². The summed E-state index contributed by atoms with van der Waals surface area (Å²) in [5.41, 5.74) is 1.26. The molecule has 0 spiro atoms. The summed E-state index contributed by atoms with van der Waals surface area (Å²) >= 11 is 7.27. The Morgan fingerprint density at radius 2 is 2.22 bits per heavy atom. The normalized spacial score (nSPS) is 12.2. The summed E-state index contributed by atoms with van der Waals surface area (Å²) in [6, 6.07) is 4.81. The molecule has 0 aromatic carbocycles. The summed E-state index contributed by atoms with van der Waals surface area (Å²) < 4.78 is 0. The highest BCUT2D eigenvalue weighted by atomic mass is 35.5. The fourth-order valence-corrected chi connectivity index (χ4v) is 2.41. The third-order valence-electron chi connectivity index (χ3n) is 2.30. The van der Waals surface area contributed by atoms with Crippen LogP contribution < -0.4 is 5.32 Å². The maximum atomic E-state index is 11.9. The number of aromatic nitrogens is 2. The van der Waals surface area contributed by atoms with Gasteiger partial charge in [-0.2, -0.15) is 0 Å². The Kier molecular flexibility index (Phi) is 3.93. The van der Waals surface area contributed by atoms with Gasteiger partial charge in [-0.15, -0.1) is 11.3 Å². The molecule has 0 fully saturated rings. The topological polar surface area (TPSA) is 54.9 Å². The molecule has 94 valence electrons. The summed E-state index contributed by atoms with van der Waals surface area (Å²) in [6.45, 7) is 3.81. The number of carbonyl (C=O) groups is 1. The average molecular weight is 282 g/mol. The fourth-order valence-electron chi connectivity index (χ4n) is 1.44. The van der Waals surface area contributed by atoms with Crippen molar-refractivity contribution in [1.29, 1.82) is 0 Å². The highest BCUT2D eigenvalue weighted by Gasteiger charge is 2.14. The lowest BCUT2D eigenvalue weighted by Crippen LogP contribution is -2.27. The molecule has 0 aliphatic rings. The Morgan fingerprint density at radius 1 is 1.44 bits per heavy atom. The van der Waals surface area contributed by atoms with E-state index < -0.39 is 0 Å². The van der Waals surface area contributed by atoms with Gasteiger partial charge in [0.25, 0.3) is 5.91 Å². The van der Waals surface area contributed by atoms with Crippen LogP contribution in [0.1, 0.15) is 34.2 Å². The number of pyridine rings is 1. The Bertz CT molecular complexity index is 570. The lowest BCUT2D eigenvalue weighted by molar-refractivity contribution is 0.0935. The molecule has 6 heteroatoms. The van der Waals surface area contributed by atoms with Crippen molar-refractivity contribution >= 4 is 28.8 Å². The molecule has 2 aromatic heterocycles. The van der Waals surface area contributed by atoms with Gasteiger partial charge in [0.15, 0.2) is 0 Å². The molecule has 4 nitrogen and oxygen atoms in total. The number of carbonyl (C=O) groups excluding carboxylic acids is 1. The zero-order valence-corrected chi connectivity index (χ0v) is 11.5. The summed E-state index contributed by atoms with van der Waals surface area (Å²) in [6.07, 6.45) is 0. The van der Waals surface area contributed by atoms with Crippen molar-refractivity contribution in [2.75, 3.05) is 0 Å². The maximum absolute atomic E-state index is 11.9. The Morgan fingerprint density at radius 3 is 2.83 bits per heavy atom. The molecule has 2 rings (SSSR count). The second-order valence-corrected chi connectivity index (χ2v) is 5.14. The van der Waals surface area contributed by atoms with Crippen LogP contribution in [0.5, 0.6) is 0 Å². The molecule has 0 aliphatic heterocycles. The molecular formula is C12H12ClN3OS. The second-order valence-electron chi connectivity index (χ2n) is 3.87. The monoisotopic (exact) mass is 281 g/mol. The number of thiazole rings is 1. The van der Waals surface area contributed by atoms with E-state index in [1.807, 2.05) is 19.2 Å². The van der Waals surface area contributed by atoms with Crippen LogP contribution >= 0.6 is 22.9 Å². The quantitative estimate of drug-likeness (QED) is 0.880. The number of nitrogens with one attached hydrogen (secondary N) is 1. The molecule has 0 bridgehead atoms. The van der Waals surface area contributed by atoms with Crippen molar-refractivity contribution in [3.8, 4) is 0 Å². The van der Waals surface area contributed by atoms with Crippen molar-refractivity contribution < 1.29 is 4.79 Å². The molecule has 1 unspecified atom stereocenters. The number of halogens is 1. The molecule has 1 N–H and O–H groups in total. The van der Waals surface area contributed by atoms with Gasteiger partial charge in [-0.1, -0.05) is 17.7 Å². The summed E-state index contributed by atoms with van der Waals surface area (Å²) in [4.78, 5) is 20.2. The average Bonchev–Trinajstić information content (AvgIpc) is 2.76. The minimum Gasteiger partial charge on any atom is -0.342 e. The van der Waals surface area contributed by atoms with Gasteiger partial charge in [-0.25, -0.2) is 9.97 Å². The van der Waals surface area contributed by atoms with Crippen molar-refractivity contribution in [3.05, 3.63) is 45.1 Å². The lowest BCUT2D eigenvalue weighted by atomic mass is 10.3. The number of nitrogens with zero attached hydrogens (tertiary/aromatic N) is 2. The predicted octanol–water partition coefficient (Wildman–Crippen LogP) is 2.99. The van der Waals surface area contributed by atoms with Crippen molar-refractivity contribution in [2.45, 2.75) is 19.9 Å².